The van der Waals surface area contributed by atoms with Gasteiger partial charge in [0.2, 0.25) is 11.8 Å². The summed E-state index contributed by atoms with van der Waals surface area (Å²) < 4.78 is 1.26. The predicted molar refractivity (Wildman–Crippen MR) is 121 cm³/mol. The second kappa shape index (κ2) is 9.63. The van der Waals surface area contributed by atoms with Gasteiger partial charge in [-0.25, -0.2) is 4.79 Å². The molecule has 170 valence electrons. The van der Waals surface area contributed by atoms with E-state index in [4.69, 9.17) is 5.73 Å². The number of nitrogens with zero attached hydrogens (tertiary/aromatic N) is 3. The molecule has 3 rings (SSSR count). The maximum atomic E-state index is 13.4. The van der Waals surface area contributed by atoms with E-state index in [0.717, 1.165) is 11.3 Å². The summed E-state index contributed by atoms with van der Waals surface area (Å²) in [6, 6.07) is 6.14. The normalized spacial score (nSPS) is 13.6. The van der Waals surface area contributed by atoms with E-state index in [0.29, 0.717) is 25.1 Å². The number of carbonyl (C=O) groups is 3. The first-order valence-corrected chi connectivity index (χ1v) is 10.7. The van der Waals surface area contributed by atoms with Crippen molar-refractivity contribution in [2.45, 2.75) is 52.5 Å². The smallest absolute Gasteiger partial charge is 0.330 e. The van der Waals surface area contributed by atoms with Crippen molar-refractivity contribution in [3.05, 3.63) is 50.7 Å². The quantitative estimate of drug-likeness (QED) is 0.597. The van der Waals surface area contributed by atoms with Gasteiger partial charge in [-0.1, -0.05) is 26.3 Å². The minimum Gasteiger partial charge on any atom is -0.383 e. The number of nitrogen functional groups attached to an aromatic ring is 1. The molecule has 32 heavy (non-hydrogen) atoms. The van der Waals surface area contributed by atoms with Crippen molar-refractivity contribution in [2.24, 2.45) is 0 Å². The van der Waals surface area contributed by atoms with Crippen molar-refractivity contribution in [1.82, 2.24) is 9.55 Å². The van der Waals surface area contributed by atoms with Crippen LogP contribution in [0.1, 0.15) is 56.3 Å². The van der Waals surface area contributed by atoms with Gasteiger partial charge in [-0.2, -0.15) is 0 Å². The number of H-pyrrole nitrogens is 1. The van der Waals surface area contributed by atoms with Crippen LogP contribution in [0.5, 0.6) is 0 Å². The van der Waals surface area contributed by atoms with Gasteiger partial charge in [-0.05, 0) is 31.0 Å². The van der Waals surface area contributed by atoms with Crippen LogP contribution in [0.4, 0.5) is 17.2 Å². The number of benzene rings is 1. The van der Waals surface area contributed by atoms with Crippen molar-refractivity contribution in [1.29, 1.82) is 0 Å². The van der Waals surface area contributed by atoms with E-state index in [1.807, 2.05) is 13.8 Å². The number of hydrogen-bond donors (Lipinski definition) is 2. The number of nitrogens with two attached hydrogens (primary N) is 1. The molecule has 1 aromatic heterocycles. The van der Waals surface area contributed by atoms with Crippen LogP contribution in [0.25, 0.3) is 0 Å². The maximum Gasteiger partial charge on any atom is 0.330 e. The lowest BCUT2D eigenvalue weighted by atomic mass is 10.1. The van der Waals surface area contributed by atoms with E-state index in [1.54, 1.807) is 12.1 Å². The second-order valence-corrected chi connectivity index (χ2v) is 7.63. The van der Waals surface area contributed by atoms with Crippen LogP contribution in [0, 0.1) is 0 Å². The van der Waals surface area contributed by atoms with Crippen molar-refractivity contribution < 1.29 is 14.4 Å². The summed E-state index contributed by atoms with van der Waals surface area (Å²) in [5.74, 6) is -1.25. The van der Waals surface area contributed by atoms with Gasteiger partial charge in [0.25, 0.3) is 11.5 Å². The molecule has 1 fully saturated rings. The zero-order chi connectivity index (χ0) is 23.4. The first kappa shape index (κ1) is 23.0. The van der Waals surface area contributed by atoms with Crippen LogP contribution in [0.3, 0.4) is 0 Å². The third-order valence-corrected chi connectivity index (χ3v) is 5.31. The molecule has 0 aliphatic carbocycles. The van der Waals surface area contributed by atoms with Crippen LogP contribution in [0.2, 0.25) is 0 Å². The molecule has 0 radical (unpaired) electrons. The molecule has 0 saturated carbocycles. The van der Waals surface area contributed by atoms with E-state index in [2.05, 4.69) is 4.98 Å². The van der Waals surface area contributed by atoms with Gasteiger partial charge in [0.15, 0.2) is 5.69 Å². The molecule has 0 spiro atoms. The fraction of sp³-hybridized carbons (Fsp3) is 0.409. The lowest BCUT2D eigenvalue weighted by Gasteiger charge is -2.24. The summed E-state index contributed by atoms with van der Waals surface area (Å²) >= 11 is 0. The maximum absolute atomic E-state index is 13.4. The Morgan fingerprint density at radius 2 is 1.78 bits per heavy atom. The molecule has 1 aliphatic rings. The van der Waals surface area contributed by atoms with E-state index in [-0.39, 0.29) is 48.3 Å². The Bertz CT molecular complexity index is 1150. The molecular weight excluding hydrogens is 414 g/mol. The minimum absolute atomic E-state index is 0.0740. The lowest BCUT2D eigenvalue weighted by molar-refractivity contribution is -0.121. The Morgan fingerprint density at radius 3 is 2.41 bits per heavy atom. The fourth-order valence-electron chi connectivity index (χ4n) is 3.71. The van der Waals surface area contributed by atoms with Gasteiger partial charge in [0.1, 0.15) is 5.82 Å². The average molecular weight is 441 g/mol. The van der Waals surface area contributed by atoms with E-state index in [9.17, 15) is 24.0 Å². The van der Waals surface area contributed by atoms with Gasteiger partial charge in [0.05, 0.1) is 5.69 Å². The van der Waals surface area contributed by atoms with Gasteiger partial charge in [-0.15, -0.1) is 0 Å². The molecule has 1 aliphatic heterocycles. The molecule has 10 nitrogen and oxygen atoms in total. The predicted octanol–water partition coefficient (Wildman–Crippen LogP) is 1.63. The first-order chi connectivity index (χ1) is 15.3. The Morgan fingerprint density at radius 1 is 1.09 bits per heavy atom. The topological polar surface area (TPSA) is 139 Å². The number of aromatic nitrogens is 2. The number of imide groups is 1. The third-order valence-electron chi connectivity index (χ3n) is 5.31. The summed E-state index contributed by atoms with van der Waals surface area (Å²) in [6.07, 6.45) is 2.28. The molecule has 0 atom stereocenters. The van der Waals surface area contributed by atoms with Crippen molar-refractivity contribution in [2.75, 3.05) is 22.1 Å². The van der Waals surface area contributed by atoms with Crippen LogP contribution in [-0.4, -0.2) is 33.8 Å². The molecular formula is C22H27N5O5. The van der Waals surface area contributed by atoms with Crippen molar-refractivity contribution >= 4 is 34.9 Å². The summed E-state index contributed by atoms with van der Waals surface area (Å²) in [4.78, 5) is 67.1. The number of unbranched alkanes of at least 4 members (excludes halogenated alkanes) is 1. The van der Waals surface area contributed by atoms with E-state index in [1.165, 1.54) is 21.6 Å². The van der Waals surface area contributed by atoms with Gasteiger partial charge in [0, 0.05) is 31.5 Å². The number of carbonyl (C=O) groups excluding carboxylic acids is 3. The summed E-state index contributed by atoms with van der Waals surface area (Å²) in [5, 5.41) is 0. The highest BCUT2D eigenvalue weighted by molar-refractivity contribution is 6.20. The van der Waals surface area contributed by atoms with E-state index < -0.39 is 17.2 Å². The Kier molecular flexibility index (Phi) is 6.92. The SMILES string of the molecule is CCCCn1c(N)c(N(CCC)C(=O)c2cccc(N3C(=O)CCC3=O)c2)c(=O)[nH]c1=O. The standard InChI is InChI=1S/C22H27N5O5/c1-3-5-12-26-19(23)18(20(30)24-22(26)32)25(11-4-2)21(31)14-7-6-8-15(13-14)27-16(28)9-10-17(27)29/h6-8,13H,3-5,9-12,23H2,1-2H3,(H,24,30,32). The van der Waals surface area contributed by atoms with E-state index >= 15 is 0 Å². The lowest BCUT2D eigenvalue weighted by Crippen LogP contribution is -2.41. The molecule has 10 heteroatoms. The summed E-state index contributed by atoms with van der Waals surface area (Å²) in [6.45, 7) is 4.30. The van der Waals surface area contributed by atoms with Crippen LogP contribution >= 0.6 is 0 Å². The Hall–Kier alpha value is -3.69. The highest BCUT2D eigenvalue weighted by Gasteiger charge is 2.31. The largest absolute Gasteiger partial charge is 0.383 e. The van der Waals surface area contributed by atoms with Crippen LogP contribution in [0.15, 0.2) is 33.9 Å². The van der Waals surface area contributed by atoms with Gasteiger partial charge in [-0.3, -0.25) is 33.6 Å². The molecule has 0 bridgehead atoms. The zero-order valence-corrected chi connectivity index (χ0v) is 18.2. The number of nitrogens with one attached hydrogen (secondary N) is 1. The average Bonchev–Trinajstić information content (AvgIpc) is 3.10. The molecule has 3 amide bonds. The molecule has 2 aromatic rings. The van der Waals surface area contributed by atoms with Gasteiger partial charge >= 0.3 is 5.69 Å². The summed E-state index contributed by atoms with van der Waals surface area (Å²) in [7, 11) is 0. The Labute approximate surface area is 184 Å². The number of hydrogen-bond acceptors (Lipinski definition) is 6. The monoisotopic (exact) mass is 441 g/mol. The minimum atomic E-state index is -0.747. The number of anilines is 3. The highest BCUT2D eigenvalue weighted by Crippen LogP contribution is 2.26. The van der Waals surface area contributed by atoms with Gasteiger partial charge < -0.3 is 10.6 Å². The number of aromatic amines is 1. The molecule has 1 saturated heterocycles. The Balaban J connectivity index is 2.05. The van der Waals surface area contributed by atoms with Crippen molar-refractivity contribution in [3.63, 3.8) is 0 Å². The van der Waals surface area contributed by atoms with Crippen LogP contribution < -0.4 is 26.8 Å². The first-order valence-electron chi connectivity index (χ1n) is 10.7. The molecule has 2 heterocycles. The second-order valence-electron chi connectivity index (χ2n) is 7.63. The third kappa shape index (κ3) is 4.34. The van der Waals surface area contributed by atoms with Crippen molar-refractivity contribution in [3.8, 4) is 0 Å². The van der Waals surface area contributed by atoms with Crippen LogP contribution in [-0.2, 0) is 16.1 Å². The fourth-order valence-corrected chi connectivity index (χ4v) is 3.71. The molecule has 1 aromatic carbocycles. The number of amides is 3. The zero-order valence-electron chi connectivity index (χ0n) is 18.2. The summed E-state index contributed by atoms with van der Waals surface area (Å²) in [5.41, 5.74) is 5.22. The highest BCUT2D eigenvalue weighted by atomic mass is 16.2. The molecule has 0 unspecified atom stereocenters. The number of rotatable bonds is 8. The molecule has 3 N–H and O–H groups in total.